The molecule has 0 atom stereocenters. The quantitative estimate of drug-likeness (QED) is 0.670. The van der Waals surface area contributed by atoms with Crippen molar-refractivity contribution in [2.75, 3.05) is 13.1 Å². The SMILES string of the molecule is N=C(N)c1ccc(CN2CCc3ccccc3CC2)cc1. The maximum atomic E-state index is 7.43. The van der Waals surface area contributed by atoms with E-state index in [-0.39, 0.29) is 5.84 Å². The van der Waals surface area contributed by atoms with Crippen LogP contribution in [-0.2, 0) is 19.4 Å². The first-order valence-corrected chi connectivity index (χ1v) is 7.45. The highest BCUT2D eigenvalue weighted by Crippen LogP contribution is 2.17. The predicted molar refractivity (Wildman–Crippen MR) is 86.6 cm³/mol. The molecule has 21 heavy (non-hydrogen) atoms. The van der Waals surface area contributed by atoms with Gasteiger partial charge in [0, 0.05) is 25.2 Å². The molecule has 108 valence electrons. The first-order valence-electron chi connectivity index (χ1n) is 7.45. The molecule has 0 aromatic heterocycles. The molecule has 0 amide bonds. The van der Waals surface area contributed by atoms with E-state index in [2.05, 4.69) is 41.3 Å². The molecule has 1 aliphatic rings. The number of fused-ring (bicyclic) bond motifs is 1. The lowest BCUT2D eigenvalue weighted by Gasteiger charge is -2.19. The molecular weight excluding hydrogens is 258 g/mol. The zero-order valence-electron chi connectivity index (χ0n) is 12.2. The lowest BCUT2D eigenvalue weighted by atomic mass is 10.0. The minimum atomic E-state index is 0.131. The molecule has 0 fully saturated rings. The molecule has 1 aliphatic heterocycles. The molecule has 0 radical (unpaired) electrons. The van der Waals surface area contributed by atoms with Gasteiger partial charge < -0.3 is 5.73 Å². The van der Waals surface area contributed by atoms with Crippen LogP contribution in [0, 0.1) is 5.41 Å². The van der Waals surface area contributed by atoms with Crippen LogP contribution in [0.4, 0.5) is 0 Å². The summed E-state index contributed by atoms with van der Waals surface area (Å²) in [6, 6.07) is 16.8. The van der Waals surface area contributed by atoms with Crippen molar-refractivity contribution in [1.29, 1.82) is 5.41 Å². The topological polar surface area (TPSA) is 53.1 Å². The number of amidine groups is 1. The average molecular weight is 279 g/mol. The van der Waals surface area contributed by atoms with Crippen LogP contribution < -0.4 is 5.73 Å². The largest absolute Gasteiger partial charge is 0.384 e. The van der Waals surface area contributed by atoms with Gasteiger partial charge in [-0.3, -0.25) is 10.3 Å². The highest BCUT2D eigenvalue weighted by atomic mass is 15.1. The average Bonchev–Trinajstić information content (AvgIpc) is 2.71. The molecule has 3 heteroatoms. The molecule has 0 spiro atoms. The first-order chi connectivity index (χ1) is 10.2. The second kappa shape index (κ2) is 6.10. The fraction of sp³-hybridized carbons (Fsp3) is 0.278. The Morgan fingerprint density at radius 2 is 1.52 bits per heavy atom. The summed E-state index contributed by atoms with van der Waals surface area (Å²) >= 11 is 0. The molecule has 3 N–H and O–H groups in total. The maximum absolute atomic E-state index is 7.43. The number of nitrogen functional groups attached to an aromatic ring is 1. The van der Waals surface area contributed by atoms with Crippen molar-refractivity contribution in [2.24, 2.45) is 5.73 Å². The summed E-state index contributed by atoms with van der Waals surface area (Å²) in [5, 5.41) is 7.43. The number of rotatable bonds is 3. The van der Waals surface area contributed by atoms with Crippen molar-refractivity contribution in [3.63, 3.8) is 0 Å². The lowest BCUT2D eigenvalue weighted by molar-refractivity contribution is 0.279. The third-order valence-corrected chi connectivity index (χ3v) is 4.18. The summed E-state index contributed by atoms with van der Waals surface area (Å²) in [6.45, 7) is 3.17. The standard InChI is InChI=1S/C18H21N3/c19-18(20)17-7-5-14(6-8-17)13-21-11-9-15-3-1-2-4-16(15)10-12-21/h1-8H,9-13H2,(H3,19,20). The Morgan fingerprint density at radius 3 is 2.05 bits per heavy atom. The van der Waals surface area contributed by atoms with Crippen molar-refractivity contribution in [3.05, 3.63) is 70.8 Å². The first kappa shape index (κ1) is 13.8. The van der Waals surface area contributed by atoms with Crippen molar-refractivity contribution >= 4 is 5.84 Å². The minimum absolute atomic E-state index is 0.131. The second-order valence-corrected chi connectivity index (χ2v) is 5.66. The van der Waals surface area contributed by atoms with Gasteiger partial charge in [0.25, 0.3) is 0 Å². The fourth-order valence-corrected chi connectivity index (χ4v) is 2.92. The van der Waals surface area contributed by atoms with E-state index in [1.54, 1.807) is 0 Å². The highest BCUT2D eigenvalue weighted by molar-refractivity contribution is 5.94. The maximum Gasteiger partial charge on any atom is 0.122 e. The summed E-state index contributed by atoms with van der Waals surface area (Å²) in [5.41, 5.74) is 10.6. The molecule has 3 rings (SSSR count). The normalized spacial score (nSPS) is 15.2. The molecule has 0 saturated carbocycles. The number of nitrogens with two attached hydrogens (primary N) is 1. The van der Waals surface area contributed by atoms with E-state index in [1.807, 2.05) is 12.1 Å². The van der Waals surface area contributed by atoms with Gasteiger partial charge in [0.2, 0.25) is 0 Å². The molecule has 0 bridgehead atoms. The molecule has 0 aliphatic carbocycles. The van der Waals surface area contributed by atoms with Crippen molar-refractivity contribution in [3.8, 4) is 0 Å². The Balaban J connectivity index is 1.65. The Bertz CT molecular complexity index is 604. The number of hydrogen-bond donors (Lipinski definition) is 2. The molecule has 2 aromatic rings. The van der Waals surface area contributed by atoms with E-state index in [0.717, 1.165) is 38.0 Å². The predicted octanol–water partition coefficient (Wildman–Crippen LogP) is 2.57. The van der Waals surface area contributed by atoms with Crippen LogP contribution in [0.25, 0.3) is 0 Å². The van der Waals surface area contributed by atoms with Crippen LogP contribution in [0.15, 0.2) is 48.5 Å². The third kappa shape index (κ3) is 3.31. The zero-order chi connectivity index (χ0) is 14.7. The number of hydrogen-bond acceptors (Lipinski definition) is 2. The fourth-order valence-electron chi connectivity index (χ4n) is 2.92. The zero-order valence-corrected chi connectivity index (χ0v) is 12.2. The van der Waals surface area contributed by atoms with E-state index >= 15 is 0 Å². The Kier molecular flexibility index (Phi) is 4.02. The molecule has 2 aromatic carbocycles. The molecule has 0 unspecified atom stereocenters. The van der Waals surface area contributed by atoms with Gasteiger partial charge in [0.05, 0.1) is 0 Å². The van der Waals surface area contributed by atoms with Crippen molar-refractivity contribution in [2.45, 2.75) is 19.4 Å². The Morgan fingerprint density at radius 1 is 0.952 bits per heavy atom. The van der Waals surface area contributed by atoms with Crippen LogP contribution in [0.5, 0.6) is 0 Å². The summed E-state index contributed by atoms with van der Waals surface area (Å²) in [7, 11) is 0. The molecule has 1 heterocycles. The van der Waals surface area contributed by atoms with Crippen LogP contribution in [0.1, 0.15) is 22.3 Å². The second-order valence-electron chi connectivity index (χ2n) is 5.66. The van der Waals surface area contributed by atoms with Crippen LogP contribution in [-0.4, -0.2) is 23.8 Å². The van der Waals surface area contributed by atoms with E-state index < -0.39 is 0 Å². The van der Waals surface area contributed by atoms with Gasteiger partial charge in [0.15, 0.2) is 0 Å². The van der Waals surface area contributed by atoms with Crippen LogP contribution in [0.2, 0.25) is 0 Å². The van der Waals surface area contributed by atoms with E-state index in [1.165, 1.54) is 16.7 Å². The van der Waals surface area contributed by atoms with Crippen molar-refractivity contribution in [1.82, 2.24) is 4.90 Å². The van der Waals surface area contributed by atoms with Crippen molar-refractivity contribution < 1.29 is 0 Å². The molecule has 0 saturated heterocycles. The molecular formula is C18H21N3. The Labute approximate surface area is 125 Å². The smallest absolute Gasteiger partial charge is 0.122 e. The van der Waals surface area contributed by atoms with Crippen LogP contribution >= 0.6 is 0 Å². The summed E-state index contributed by atoms with van der Waals surface area (Å²) in [4.78, 5) is 2.50. The molecule has 3 nitrogen and oxygen atoms in total. The van der Waals surface area contributed by atoms with Gasteiger partial charge in [-0.05, 0) is 29.5 Å². The van der Waals surface area contributed by atoms with Crippen LogP contribution in [0.3, 0.4) is 0 Å². The number of nitrogens with one attached hydrogen (secondary N) is 1. The Hall–Kier alpha value is -2.13. The summed E-state index contributed by atoms with van der Waals surface area (Å²) in [5.74, 6) is 0.131. The number of benzene rings is 2. The van der Waals surface area contributed by atoms with Gasteiger partial charge in [-0.25, -0.2) is 0 Å². The third-order valence-electron chi connectivity index (χ3n) is 4.18. The van der Waals surface area contributed by atoms with Gasteiger partial charge in [-0.1, -0.05) is 48.5 Å². The van der Waals surface area contributed by atoms with Gasteiger partial charge >= 0.3 is 0 Å². The monoisotopic (exact) mass is 279 g/mol. The van der Waals surface area contributed by atoms with E-state index in [4.69, 9.17) is 11.1 Å². The van der Waals surface area contributed by atoms with Gasteiger partial charge in [-0.2, -0.15) is 0 Å². The highest BCUT2D eigenvalue weighted by Gasteiger charge is 2.13. The lowest BCUT2D eigenvalue weighted by Crippen LogP contribution is -2.26. The van der Waals surface area contributed by atoms with E-state index in [9.17, 15) is 0 Å². The van der Waals surface area contributed by atoms with Gasteiger partial charge in [-0.15, -0.1) is 0 Å². The summed E-state index contributed by atoms with van der Waals surface area (Å²) < 4.78 is 0. The summed E-state index contributed by atoms with van der Waals surface area (Å²) in [6.07, 6.45) is 2.25. The van der Waals surface area contributed by atoms with Gasteiger partial charge in [0.1, 0.15) is 5.84 Å². The number of nitrogens with zero attached hydrogens (tertiary/aromatic N) is 1. The minimum Gasteiger partial charge on any atom is -0.384 e. The van der Waals surface area contributed by atoms with E-state index in [0.29, 0.717) is 0 Å².